The molecule has 0 aliphatic heterocycles. The Hall–Kier alpha value is 1.14. The van der Waals surface area contributed by atoms with E-state index in [9.17, 15) is 13.6 Å². The Bertz CT molecular complexity index is 180. The minimum Gasteiger partial charge on any atom is -0.462 e. The molecule has 13 heavy (non-hydrogen) atoms. The second-order valence-corrected chi connectivity index (χ2v) is 6.75. The maximum Gasteiger partial charge on any atom is 0.377 e. The summed E-state index contributed by atoms with van der Waals surface area (Å²) in [5.74, 6) is -4.79. The van der Waals surface area contributed by atoms with Crippen molar-refractivity contribution in [2.75, 3.05) is 6.61 Å². The molecule has 0 aromatic heterocycles. The lowest BCUT2D eigenvalue weighted by atomic mass is 10.3. The van der Waals surface area contributed by atoms with E-state index in [1.54, 1.807) is 0 Å². The van der Waals surface area contributed by atoms with Crippen LogP contribution >= 0.6 is 52.7 Å². The zero-order valence-corrected chi connectivity index (χ0v) is 11.9. The molecule has 0 aromatic rings. The maximum absolute atomic E-state index is 12.9. The van der Waals surface area contributed by atoms with Gasteiger partial charge in [0.2, 0.25) is 0 Å². The molecule has 0 amide bonds. The Kier molecular flexibility index (Phi) is 7.17. The van der Waals surface area contributed by atoms with Crippen molar-refractivity contribution in [2.45, 2.75) is 22.5 Å². The second-order valence-electron chi connectivity index (χ2n) is 2.13. The number of alkyl halides is 3. The molecule has 0 aliphatic rings. The van der Waals surface area contributed by atoms with Crippen LogP contribution in [0.15, 0.2) is 0 Å². The third-order valence-electron chi connectivity index (χ3n) is 1.09. The number of hydrogen-bond donors (Lipinski definition) is 0. The molecule has 2 nitrogen and oxygen atoms in total. The highest BCUT2D eigenvalue weighted by Gasteiger charge is 2.42. The molecule has 0 aliphatic carbocycles. The summed E-state index contributed by atoms with van der Waals surface area (Å²) in [6.07, 6.45) is -0.486. The van der Waals surface area contributed by atoms with Crippen LogP contribution in [0.5, 0.6) is 0 Å². The number of halogens is 4. The quantitative estimate of drug-likeness (QED) is 0.376. The zero-order valence-electron chi connectivity index (χ0n) is 6.73. The molecule has 1 atom stereocenters. The number of ether oxygens (including phenoxy) is 1. The van der Waals surface area contributed by atoms with Gasteiger partial charge in [-0.3, -0.25) is 0 Å². The molecule has 0 rings (SSSR count). The summed E-state index contributed by atoms with van der Waals surface area (Å²) in [6, 6.07) is 0. The smallest absolute Gasteiger partial charge is 0.377 e. The Labute approximate surface area is 105 Å². The number of carbonyl (C=O) groups excluding carboxylic acids is 1. The molecule has 0 N–H and O–H groups in total. The van der Waals surface area contributed by atoms with Gasteiger partial charge in [-0.2, -0.15) is 8.78 Å². The normalized spacial score (nSPS) is 13.9. The van der Waals surface area contributed by atoms with Crippen molar-refractivity contribution in [3.05, 3.63) is 0 Å². The first-order valence-electron chi connectivity index (χ1n) is 3.40. The fraction of sp³-hybridized carbons (Fsp3) is 0.833. The number of rotatable bonds is 5. The Morgan fingerprint density at radius 3 is 2.62 bits per heavy atom. The van der Waals surface area contributed by atoms with E-state index in [4.69, 9.17) is 0 Å². The van der Waals surface area contributed by atoms with Crippen LogP contribution in [0.2, 0.25) is 0 Å². The summed E-state index contributed by atoms with van der Waals surface area (Å²) in [5.41, 5.74) is 0. The van der Waals surface area contributed by atoms with Crippen molar-refractivity contribution < 1.29 is 18.3 Å². The van der Waals surface area contributed by atoms with Crippen molar-refractivity contribution in [3.63, 3.8) is 0 Å². The van der Waals surface area contributed by atoms with E-state index in [2.05, 4.69) is 4.74 Å². The van der Waals surface area contributed by atoms with Gasteiger partial charge in [-0.15, -0.1) is 0 Å². The van der Waals surface area contributed by atoms with E-state index in [-0.39, 0.29) is 9.86 Å². The van der Waals surface area contributed by atoms with Crippen LogP contribution in [-0.2, 0) is 9.53 Å². The topological polar surface area (TPSA) is 26.3 Å². The predicted octanol–water partition coefficient (Wildman–Crippen LogP) is 3.42. The molecule has 0 saturated carbocycles. The number of carbonyl (C=O) groups is 1. The number of hydrogen-bond acceptors (Lipinski definition) is 3. The zero-order chi connectivity index (χ0) is 10.5. The summed E-state index contributed by atoms with van der Waals surface area (Å²) in [7, 11) is 1.26. The van der Waals surface area contributed by atoms with Crippen molar-refractivity contribution in [2.24, 2.45) is 0 Å². The highest BCUT2D eigenvalue weighted by molar-refractivity contribution is 14.2. The molecule has 7 heteroatoms. The second kappa shape index (κ2) is 6.59. The van der Waals surface area contributed by atoms with Crippen LogP contribution < -0.4 is 0 Å². The Balaban J connectivity index is 4.13. The van der Waals surface area contributed by atoms with Gasteiger partial charge in [0, 0.05) is 6.42 Å². The molecular formula is C6H8F2I2O2S. The SMILES string of the molecule is CCOC(=O)C(F)(F)CC(I)SI. The lowest BCUT2D eigenvalue weighted by molar-refractivity contribution is -0.171. The van der Waals surface area contributed by atoms with Gasteiger partial charge in [-0.1, -0.05) is 31.5 Å². The van der Waals surface area contributed by atoms with Crippen LogP contribution in [0.25, 0.3) is 0 Å². The standard InChI is InChI=1S/C6H8F2I2O2S/c1-2-12-5(11)6(7,8)3-4(9)13-10/h4H,2-3H2,1H3. The molecule has 0 aromatic carbocycles. The molecule has 0 fully saturated rings. The Morgan fingerprint density at radius 1 is 1.69 bits per heavy atom. The maximum atomic E-state index is 12.9. The first kappa shape index (κ1) is 14.1. The fourth-order valence-electron chi connectivity index (χ4n) is 0.553. The lowest BCUT2D eigenvalue weighted by Crippen LogP contribution is -2.32. The summed E-state index contributed by atoms with van der Waals surface area (Å²) < 4.78 is 29.8. The van der Waals surface area contributed by atoms with Crippen molar-refractivity contribution in [1.82, 2.24) is 0 Å². The van der Waals surface area contributed by atoms with E-state index in [1.165, 1.54) is 15.9 Å². The minimum atomic E-state index is -3.36. The highest BCUT2D eigenvalue weighted by Crippen LogP contribution is 2.34. The van der Waals surface area contributed by atoms with Crippen LogP contribution in [0.3, 0.4) is 0 Å². The van der Waals surface area contributed by atoms with E-state index in [1.807, 2.05) is 43.8 Å². The average molecular weight is 436 g/mol. The van der Waals surface area contributed by atoms with Crippen LogP contribution in [0, 0.1) is 0 Å². The summed E-state index contributed by atoms with van der Waals surface area (Å²) >= 11 is 3.78. The van der Waals surface area contributed by atoms with E-state index >= 15 is 0 Å². The largest absolute Gasteiger partial charge is 0.462 e. The summed E-state index contributed by atoms with van der Waals surface area (Å²) in [6.45, 7) is 1.49. The number of esters is 1. The third-order valence-corrected chi connectivity index (χ3v) is 7.41. The van der Waals surface area contributed by atoms with Gasteiger partial charge in [-0.25, -0.2) is 4.79 Å². The summed E-state index contributed by atoms with van der Waals surface area (Å²) in [4.78, 5) is 10.7. The molecule has 78 valence electrons. The van der Waals surface area contributed by atoms with Crippen LogP contribution in [0.4, 0.5) is 8.78 Å². The molecule has 0 spiro atoms. The van der Waals surface area contributed by atoms with Crippen molar-refractivity contribution >= 4 is 58.7 Å². The minimum absolute atomic E-state index is 0.0162. The van der Waals surface area contributed by atoms with Gasteiger partial charge < -0.3 is 4.74 Å². The van der Waals surface area contributed by atoms with Gasteiger partial charge in [0.25, 0.3) is 0 Å². The molecule has 0 saturated heterocycles. The Morgan fingerprint density at radius 2 is 2.23 bits per heavy atom. The van der Waals surface area contributed by atoms with E-state index in [0.717, 1.165) is 0 Å². The van der Waals surface area contributed by atoms with Crippen LogP contribution in [0.1, 0.15) is 13.3 Å². The van der Waals surface area contributed by atoms with Gasteiger partial charge >= 0.3 is 11.9 Å². The lowest BCUT2D eigenvalue weighted by Gasteiger charge is -2.15. The van der Waals surface area contributed by atoms with Gasteiger partial charge in [0.1, 0.15) is 0 Å². The molecule has 1 unspecified atom stereocenters. The fourth-order valence-corrected chi connectivity index (χ4v) is 1.92. The van der Waals surface area contributed by atoms with Crippen LogP contribution in [-0.4, -0.2) is 21.8 Å². The average Bonchev–Trinajstić information content (AvgIpc) is 2.04. The van der Waals surface area contributed by atoms with Crippen molar-refractivity contribution in [1.29, 1.82) is 0 Å². The predicted molar refractivity (Wildman–Crippen MR) is 65.6 cm³/mol. The first-order chi connectivity index (χ1) is 5.94. The van der Waals surface area contributed by atoms with Gasteiger partial charge in [-0.05, 0) is 28.1 Å². The first-order valence-corrected chi connectivity index (χ1v) is 8.07. The van der Waals surface area contributed by atoms with E-state index < -0.39 is 18.3 Å². The molecule has 0 radical (unpaired) electrons. The van der Waals surface area contributed by atoms with Gasteiger partial charge in [0.15, 0.2) is 0 Å². The summed E-state index contributed by atoms with van der Waals surface area (Å²) in [5, 5.41) is 0. The third kappa shape index (κ3) is 5.55. The van der Waals surface area contributed by atoms with E-state index in [0.29, 0.717) is 0 Å². The molecular weight excluding hydrogens is 428 g/mol. The molecule has 0 heterocycles. The molecule has 0 bridgehead atoms. The van der Waals surface area contributed by atoms with Gasteiger partial charge in [0.05, 0.1) is 9.86 Å². The van der Waals surface area contributed by atoms with Crippen molar-refractivity contribution in [3.8, 4) is 0 Å². The highest BCUT2D eigenvalue weighted by atomic mass is 127. The monoisotopic (exact) mass is 436 g/mol.